The molecule has 2 aromatic rings. The minimum absolute atomic E-state index is 0.0723. The largest absolute Gasteiger partial charge is 0.497 e. The highest BCUT2D eigenvalue weighted by Crippen LogP contribution is 2.27. The van der Waals surface area contributed by atoms with Crippen molar-refractivity contribution in [1.82, 2.24) is 5.32 Å². The molecule has 0 spiro atoms. The van der Waals surface area contributed by atoms with E-state index < -0.39 is 0 Å². The first kappa shape index (κ1) is 17.9. The van der Waals surface area contributed by atoms with Crippen LogP contribution in [0.4, 0.5) is 10.1 Å². The van der Waals surface area contributed by atoms with Gasteiger partial charge in [-0.05, 0) is 36.2 Å². The lowest BCUT2D eigenvalue weighted by molar-refractivity contribution is -0.126. The van der Waals surface area contributed by atoms with E-state index in [2.05, 4.69) is 5.32 Å². The van der Waals surface area contributed by atoms with Gasteiger partial charge in [-0.3, -0.25) is 9.59 Å². The average molecular weight is 356 g/mol. The first-order chi connectivity index (χ1) is 12.6. The smallest absolute Gasteiger partial charge is 0.227 e. The van der Waals surface area contributed by atoms with E-state index in [4.69, 9.17) is 4.74 Å². The quantitative estimate of drug-likeness (QED) is 0.865. The van der Waals surface area contributed by atoms with Gasteiger partial charge in [0, 0.05) is 31.3 Å². The molecule has 136 valence electrons. The summed E-state index contributed by atoms with van der Waals surface area (Å²) in [5, 5.41) is 2.87. The Bertz CT molecular complexity index is 792. The monoisotopic (exact) mass is 356 g/mol. The van der Waals surface area contributed by atoms with Crippen LogP contribution in [0.2, 0.25) is 0 Å². The average Bonchev–Trinajstić information content (AvgIpc) is 3.05. The minimum Gasteiger partial charge on any atom is -0.497 e. The molecule has 1 N–H and O–H groups in total. The van der Waals surface area contributed by atoms with Crippen LogP contribution in [-0.4, -0.2) is 32.0 Å². The molecule has 26 heavy (non-hydrogen) atoms. The molecule has 1 aliphatic rings. The fourth-order valence-electron chi connectivity index (χ4n) is 3.04. The number of anilines is 1. The molecule has 1 aliphatic heterocycles. The van der Waals surface area contributed by atoms with Crippen molar-refractivity contribution in [3.63, 3.8) is 0 Å². The highest BCUT2D eigenvalue weighted by Gasteiger charge is 2.35. The van der Waals surface area contributed by atoms with Gasteiger partial charge in [-0.25, -0.2) is 4.39 Å². The van der Waals surface area contributed by atoms with Crippen LogP contribution in [-0.2, 0) is 16.0 Å². The van der Waals surface area contributed by atoms with Crippen LogP contribution in [0.3, 0.4) is 0 Å². The number of carbonyl (C=O) groups excluding carboxylic acids is 2. The number of benzene rings is 2. The molecule has 2 aromatic carbocycles. The van der Waals surface area contributed by atoms with Gasteiger partial charge in [0.1, 0.15) is 11.6 Å². The van der Waals surface area contributed by atoms with Gasteiger partial charge in [0.2, 0.25) is 11.8 Å². The molecule has 0 bridgehead atoms. The van der Waals surface area contributed by atoms with E-state index in [0.29, 0.717) is 25.3 Å². The Labute approximate surface area is 151 Å². The number of nitrogens with zero attached hydrogens (tertiary/aromatic N) is 1. The second-order valence-corrected chi connectivity index (χ2v) is 6.27. The third-order valence-corrected chi connectivity index (χ3v) is 4.49. The topological polar surface area (TPSA) is 58.6 Å². The molecule has 5 nitrogen and oxygen atoms in total. The Kier molecular flexibility index (Phi) is 5.51. The lowest BCUT2D eigenvalue weighted by Gasteiger charge is -2.17. The van der Waals surface area contributed by atoms with Crippen molar-refractivity contribution in [2.75, 3.05) is 25.1 Å². The van der Waals surface area contributed by atoms with Crippen LogP contribution in [0, 0.1) is 11.7 Å². The van der Waals surface area contributed by atoms with Gasteiger partial charge in [-0.1, -0.05) is 18.2 Å². The Morgan fingerprint density at radius 2 is 2.04 bits per heavy atom. The standard InChI is InChI=1S/C20H21FN2O3/c1-26-18-4-2-3-17(12-18)23-13-15(11-19(23)24)20(25)22-10-9-14-5-7-16(21)8-6-14/h2-8,12,15H,9-11,13H2,1H3,(H,22,25)/t15-/m1/s1. The van der Waals surface area contributed by atoms with Crippen molar-refractivity contribution in [2.45, 2.75) is 12.8 Å². The fraction of sp³-hybridized carbons (Fsp3) is 0.300. The van der Waals surface area contributed by atoms with E-state index in [1.807, 2.05) is 18.2 Å². The van der Waals surface area contributed by atoms with Crippen LogP contribution in [0.1, 0.15) is 12.0 Å². The Morgan fingerprint density at radius 1 is 1.27 bits per heavy atom. The lowest BCUT2D eigenvalue weighted by Crippen LogP contribution is -2.34. The van der Waals surface area contributed by atoms with E-state index >= 15 is 0 Å². The van der Waals surface area contributed by atoms with E-state index in [0.717, 1.165) is 11.3 Å². The highest BCUT2D eigenvalue weighted by atomic mass is 19.1. The summed E-state index contributed by atoms with van der Waals surface area (Å²) >= 11 is 0. The van der Waals surface area contributed by atoms with Crippen molar-refractivity contribution in [1.29, 1.82) is 0 Å². The molecule has 1 saturated heterocycles. The number of carbonyl (C=O) groups is 2. The van der Waals surface area contributed by atoms with Crippen LogP contribution in [0.25, 0.3) is 0 Å². The number of amides is 2. The third-order valence-electron chi connectivity index (χ3n) is 4.49. The van der Waals surface area contributed by atoms with Crippen molar-refractivity contribution in [3.8, 4) is 5.75 Å². The molecule has 1 fully saturated rings. The number of halogens is 1. The summed E-state index contributed by atoms with van der Waals surface area (Å²) in [6, 6.07) is 13.4. The highest BCUT2D eigenvalue weighted by molar-refractivity contribution is 6.00. The van der Waals surface area contributed by atoms with Crippen molar-refractivity contribution < 1.29 is 18.7 Å². The molecule has 3 rings (SSSR count). The second-order valence-electron chi connectivity index (χ2n) is 6.27. The normalized spacial score (nSPS) is 16.6. The number of rotatable bonds is 6. The molecule has 0 radical (unpaired) electrons. The van der Waals surface area contributed by atoms with Crippen LogP contribution in [0.15, 0.2) is 48.5 Å². The Hall–Kier alpha value is -2.89. The van der Waals surface area contributed by atoms with Gasteiger partial charge in [-0.2, -0.15) is 0 Å². The van der Waals surface area contributed by atoms with E-state index in [1.165, 1.54) is 12.1 Å². The Balaban J connectivity index is 1.54. The van der Waals surface area contributed by atoms with Crippen LogP contribution in [0.5, 0.6) is 5.75 Å². The summed E-state index contributed by atoms with van der Waals surface area (Å²) < 4.78 is 18.1. The molecule has 6 heteroatoms. The molecule has 1 heterocycles. The molecule has 0 aromatic heterocycles. The van der Waals surface area contributed by atoms with Crippen molar-refractivity contribution >= 4 is 17.5 Å². The molecule has 0 aliphatic carbocycles. The zero-order chi connectivity index (χ0) is 18.5. The maximum absolute atomic E-state index is 12.9. The van der Waals surface area contributed by atoms with Gasteiger partial charge in [0.05, 0.1) is 13.0 Å². The predicted molar refractivity (Wildman–Crippen MR) is 96.6 cm³/mol. The molecular weight excluding hydrogens is 335 g/mol. The number of ether oxygens (including phenoxy) is 1. The maximum Gasteiger partial charge on any atom is 0.227 e. The number of methoxy groups -OCH3 is 1. The predicted octanol–water partition coefficient (Wildman–Crippen LogP) is 2.55. The Morgan fingerprint density at radius 3 is 2.77 bits per heavy atom. The number of nitrogens with one attached hydrogen (secondary N) is 1. The number of hydrogen-bond acceptors (Lipinski definition) is 3. The van der Waals surface area contributed by atoms with Gasteiger partial charge >= 0.3 is 0 Å². The SMILES string of the molecule is COc1cccc(N2C[C@H](C(=O)NCCc3ccc(F)cc3)CC2=O)c1. The summed E-state index contributed by atoms with van der Waals surface area (Å²) in [6.07, 6.45) is 0.811. The summed E-state index contributed by atoms with van der Waals surface area (Å²) in [5.74, 6) is -0.188. The van der Waals surface area contributed by atoms with E-state index in [-0.39, 0.29) is 30.0 Å². The zero-order valence-electron chi connectivity index (χ0n) is 14.6. The van der Waals surface area contributed by atoms with Gasteiger partial charge in [0.25, 0.3) is 0 Å². The summed E-state index contributed by atoms with van der Waals surface area (Å²) in [7, 11) is 1.57. The number of hydrogen-bond donors (Lipinski definition) is 1. The molecule has 1 atom stereocenters. The van der Waals surface area contributed by atoms with Gasteiger partial charge in [0.15, 0.2) is 0 Å². The zero-order valence-corrected chi connectivity index (χ0v) is 14.6. The molecule has 0 unspecified atom stereocenters. The lowest BCUT2D eigenvalue weighted by atomic mass is 10.1. The van der Waals surface area contributed by atoms with Gasteiger partial charge < -0.3 is 15.0 Å². The van der Waals surface area contributed by atoms with Crippen LogP contribution < -0.4 is 15.0 Å². The second kappa shape index (κ2) is 7.99. The first-order valence-electron chi connectivity index (χ1n) is 8.53. The van der Waals surface area contributed by atoms with Gasteiger partial charge in [-0.15, -0.1) is 0 Å². The van der Waals surface area contributed by atoms with Crippen molar-refractivity contribution in [2.24, 2.45) is 5.92 Å². The minimum atomic E-state index is -0.373. The molecule has 2 amide bonds. The third kappa shape index (κ3) is 4.20. The maximum atomic E-state index is 12.9. The summed E-state index contributed by atoms with van der Waals surface area (Å²) in [6.45, 7) is 0.808. The first-order valence-corrected chi connectivity index (χ1v) is 8.53. The molecular formula is C20H21FN2O3. The fourth-order valence-corrected chi connectivity index (χ4v) is 3.04. The van der Waals surface area contributed by atoms with E-state index in [9.17, 15) is 14.0 Å². The summed E-state index contributed by atoms with van der Waals surface area (Å²) in [4.78, 5) is 26.3. The van der Waals surface area contributed by atoms with E-state index in [1.54, 1.807) is 30.2 Å². The summed E-state index contributed by atoms with van der Waals surface area (Å²) in [5.41, 5.74) is 1.68. The molecule has 0 saturated carbocycles. The van der Waals surface area contributed by atoms with Crippen LogP contribution >= 0.6 is 0 Å². The van der Waals surface area contributed by atoms with Crippen molar-refractivity contribution in [3.05, 3.63) is 59.9 Å².